The summed E-state index contributed by atoms with van der Waals surface area (Å²) in [6, 6.07) is 5.74. The van der Waals surface area contributed by atoms with E-state index in [1.807, 2.05) is 25.1 Å². The van der Waals surface area contributed by atoms with Crippen LogP contribution < -0.4 is 11.1 Å². The Labute approximate surface area is 123 Å². The van der Waals surface area contributed by atoms with Crippen LogP contribution in [0.4, 0.5) is 11.4 Å². The summed E-state index contributed by atoms with van der Waals surface area (Å²) in [5.74, 6) is 0.770. The molecular formula is C13H13BrN6. The Hall–Kier alpha value is -2.15. The second-order valence-electron chi connectivity index (χ2n) is 4.49. The minimum absolute atomic E-state index is 0.00484. The predicted molar refractivity (Wildman–Crippen MR) is 82.3 cm³/mol. The standard InChI is InChI=1S/C13H13BrN6/c1-7(13-17-6-18-20-13)19-11-3-2-10(15)9-4-8(14)5-16-12(9)11/h2-7,19H,15H2,1H3,(H,17,18,20). The normalized spacial score (nSPS) is 12.5. The summed E-state index contributed by atoms with van der Waals surface area (Å²) in [5, 5.41) is 11.0. The minimum atomic E-state index is -0.00484. The van der Waals surface area contributed by atoms with E-state index in [4.69, 9.17) is 5.73 Å². The molecule has 0 spiro atoms. The number of anilines is 2. The first kappa shape index (κ1) is 12.9. The average molecular weight is 333 g/mol. The number of hydrogen-bond acceptors (Lipinski definition) is 5. The van der Waals surface area contributed by atoms with Gasteiger partial charge in [-0.25, -0.2) is 4.98 Å². The number of rotatable bonds is 3. The number of nitrogens with zero attached hydrogens (tertiary/aromatic N) is 3. The van der Waals surface area contributed by atoms with Crippen molar-refractivity contribution in [1.82, 2.24) is 20.2 Å². The lowest BCUT2D eigenvalue weighted by molar-refractivity contribution is 0.796. The smallest absolute Gasteiger partial charge is 0.146 e. The van der Waals surface area contributed by atoms with Crippen molar-refractivity contribution in [2.75, 3.05) is 11.1 Å². The van der Waals surface area contributed by atoms with Gasteiger partial charge >= 0.3 is 0 Å². The third-order valence-electron chi connectivity index (χ3n) is 3.07. The predicted octanol–water partition coefficient (Wildman–Crippen LogP) is 2.87. The lowest BCUT2D eigenvalue weighted by atomic mass is 10.1. The zero-order chi connectivity index (χ0) is 14.1. The van der Waals surface area contributed by atoms with Gasteiger partial charge in [0.15, 0.2) is 0 Å². The van der Waals surface area contributed by atoms with Gasteiger partial charge in [-0.15, -0.1) is 0 Å². The van der Waals surface area contributed by atoms with Crippen molar-refractivity contribution in [2.24, 2.45) is 0 Å². The van der Waals surface area contributed by atoms with Gasteiger partial charge < -0.3 is 11.1 Å². The molecule has 2 aromatic heterocycles. The van der Waals surface area contributed by atoms with Gasteiger partial charge in [0, 0.05) is 21.7 Å². The largest absolute Gasteiger partial charge is 0.398 e. The van der Waals surface area contributed by atoms with Crippen LogP contribution in [0.1, 0.15) is 18.8 Å². The molecule has 0 saturated carbocycles. The molecule has 0 aliphatic heterocycles. The van der Waals surface area contributed by atoms with Gasteiger partial charge in [-0.3, -0.25) is 10.1 Å². The Morgan fingerprint density at radius 1 is 1.35 bits per heavy atom. The van der Waals surface area contributed by atoms with Crippen LogP contribution in [0.5, 0.6) is 0 Å². The first-order valence-electron chi connectivity index (χ1n) is 6.10. The third-order valence-corrected chi connectivity index (χ3v) is 3.50. The topological polar surface area (TPSA) is 92.5 Å². The number of pyridine rings is 1. The molecule has 20 heavy (non-hydrogen) atoms. The van der Waals surface area contributed by atoms with Crippen LogP contribution in [-0.2, 0) is 0 Å². The summed E-state index contributed by atoms with van der Waals surface area (Å²) in [7, 11) is 0. The van der Waals surface area contributed by atoms with E-state index in [-0.39, 0.29) is 6.04 Å². The van der Waals surface area contributed by atoms with Gasteiger partial charge in [-0.05, 0) is 41.1 Å². The van der Waals surface area contributed by atoms with E-state index in [1.54, 1.807) is 6.20 Å². The Bertz CT molecular complexity index is 740. The third kappa shape index (κ3) is 2.32. The Balaban J connectivity index is 2.02. The molecule has 0 amide bonds. The molecule has 1 unspecified atom stereocenters. The number of H-pyrrole nitrogens is 1. The van der Waals surface area contributed by atoms with Crippen molar-refractivity contribution in [3.05, 3.63) is 41.0 Å². The number of nitrogens with one attached hydrogen (secondary N) is 2. The molecule has 0 saturated heterocycles. The monoisotopic (exact) mass is 332 g/mol. The highest BCUT2D eigenvalue weighted by Gasteiger charge is 2.12. The summed E-state index contributed by atoms with van der Waals surface area (Å²) in [5.41, 5.74) is 8.44. The van der Waals surface area contributed by atoms with Crippen molar-refractivity contribution in [1.29, 1.82) is 0 Å². The second kappa shape index (κ2) is 5.09. The molecule has 1 atom stereocenters. The molecule has 102 valence electrons. The maximum Gasteiger partial charge on any atom is 0.146 e. The SMILES string of the molecule is CC(Nc1ccc(N)c2cc(Br)cnc12)c1ncn[nH]1. The number of nitrogen functional groups attached to an aromatic ring is 1. The number of aromatic amines is 1. The van der Waals surface area contributed by atoms with Crippen LogP contribution >= 0.6 is 15.9 Å². The van der Waals surface area contributed by atoms with Crippen molar-refractivity contribution < 1.29 is 0 Å². The van der Waals surface area contributed by atoms with Gasteiger partial charge in [0.2, 0.25) is 0 Å². The number of hydrogen-bond donors (Lipinski definition) is 3. The number of fused-ring (bicyclic) bond motifs is 1. The zero-order valence-electron chi connectivity index (χ0n) is 10.8. The maximum absolute atomic E-state index is 6.00. The van der Waals surface area contributed by atoms with E-state index in [9.17, 15) is 0 Å². The molecular weight excluding hydrogens is 320 g/mol. The molecule has 0 aliphatic carbocycles. The van der Waals surface area contributed by atoms with E-state index in [0.29, 0.717) is 5.69 Å². The van der Waals surface area contributed by atoms with Crippen molar-refractivity contribution in [3.8, 4) is 0 Å². The number of nitrogens with two attached hydrogens (primary N) is 1. The van der Waals surface area contributed by atoms with Gasteiger partial charge in [-0.1, -0.05) is 0 Å². The van der Waals surface area contributed by atoms with Crippen LogP contribution in [0.25, 0.3) is 10.9 Å². The Morgan fingerprint density at radius 3 is 2.95 bits per heavy atom. The molecule has 7 heteroatoms. The number of benzene rings is 1. The molecule has 3 rings (SSSR count). The Morgan fingerprint density at radius 2 is 2.20 bits per heavy atom. The molecule has 1 aromatic carbocycles. The van der Waals surface area contributed by atoms with E-state index < -0.39 is 0 Å². The first-order valence-corrected chi connectivity index (χ1v) is 6.90. The fourth-order valence-corrected chi connectivity index (χ4v) is 2.39. The second-order valence-corrected chi connectivity index (χ2v) is 5.40. The summed E-state index contributed by atoms with van der Waals surface area (Å²) in [4.78, 5) is 8.58. The van der Waals surface area contributed by atoms with Gasteiger partial charge in [-0.2, -0.15) is 5.10 Å². The van der Waals surface area contributed by atoms with E-state index in [1.165, 1.54) is 6.33 Å². The molecule has 0 radical (unpaired) electrons. The van der Waals surface area contributed by atoms with Gasteiger partial charge in [0.05, 0.1) is 17.2 Å². The van der Waals surface area contributed by atoms with Crippen molar-refractivity contribution in [2.45, 2.75) is 13.0 Å². The molecule has 3 aromatic rings. The highest BCUT2D eigenvalue weighted by Crippen LogP contribution is 2.30. The molecule has 0 aliphatic rings. The van der Waals surface area contributed by atoms with Crippen LogP contribution in [0.3, 0.4) is 0 Å². The van der Waals surface area contributed by atoms with Crippen LogP contribution in [-0.4, -0.2) is 20.2 Å². The van der Waals surface area contributed by atoms with Gasteiger partial charge in [0.1, 0.15) is 12.2 Å². The lowest BCUT2D eigenvalue weighted by Crippen LogP contribution is -2.09. The molecule has 0 fully saturated rings. The maximum atomic E-state index is 6.00. The fourth-order valence-electron chi connectivity index (χ4n) is 2.06. The number of halogens is 1. The highest BCUT2D eigenvalue weighted by atomic mass is 79.9. The minimum Gasteiger partial charge on any atom is -0.398 e. The van der Waals surface area contributed by atoms with E-state index in [2.05, 4.69) is 41.4 Å². The summed E-state index contributed by atoms with van der Waals surface area (Å²) >= 11 is 3.41. The first-order chi connectivity index (χ1) is 9.65. The van der Waals surface area contributed by atoms with Crippen LogP contribution in [0.2, 0.25) is 0 Å². The van der Waals surface area contributed by atoms with E-state index >= 15 is 0 Å². The Kier molecular flexibility index (Phi) is 3.27. The summed E-state index contributed by atoms with van der Waals surface area (Å²) in [6.45, 7) is 2.00. The van der Waals surface area contributed by atoms with E-state index in [0.717, 1.165) is 26.9 Å². The van der Waals surface area contributed by atoms with Crippen LogP contribution in [0, 0.1) is 0 Å². The fraction of sp³-hybridized carbons (Fsp3) is 0.154. The molecule has 0 bridgehead atoms. The van der Waals surface area contributed by atoms with Gasteiger partial charge in [0.25, 0.3) is 0 Å². The lowest BCUT2D eigenvalue weighted by Gasteiger charge is -2.15. The summed E-state index contributed by atoms with van der Waals surface area (Å²) in [6.07, 6.45) is 3.25. The molecule has 4 N–H and O–H groups in total. The quantitative estimate of drug-likeness (QED) is 0.641. The summed E-state index contributed by atoms with van der Waals surface area (Å²) < 4.78 is 0.900. The molecule has 2 heterocycles. The van der Waals surface area contributed by atoms with Crippen LogP contribution in [0.15, 0.2) is 35.2 Å². The molecule has 6 nitrogen and oxygen atoms in total. The number of aromatic nitrogens is 4. The zero-order valence-corrected chi connectivity index (χ0v) is 12.3. The van der Waals surface area contributed by atoms with Crippen molar-refractivity contribution >= 4 is 38.2 Å². The van der Waals surface area contributed by atoms with Crippen molar-refractivity contribution in [3.63, 3.8) is 0 Å². The highest BCUT2D eigenvalue weighted by molar-refractivity contribution is 9.10. The average Bonchev–Trinajstić information content (AvgIpc) is 2.96.